The fraction of sp³-hybridized carbons (Fsp3) is 0.118. The van der Waals surface area contributed by atoms with Crippen LogP contribution in [-0.4, -0.2) is 10.5 Å². The second-order valence-electron chi connectivity index (χ2n) is 5.40. The van der Waals surface area contributed by atoms with Crippen LogP contribution >= 0.6 is 0 Å². The van der Waals surface area contributed by atoms with E-state index in [1.54, 1.807) is 24.3 Å². The van der Waals surface area contributed by atoms with Gasteiger partial charge in [0.25, 0.3) is 0 Å². The highest BCUT2D eigenvalue weighted by Gasteiger charge is 2.21. The van der Waals surface area contributed by atoms with E-state index in [1.165, 1.54) is 4.57 Å². The molecule has 0 fully saturated rings. The molecule has 3 aromatic rings. The van der Waals surface area contributed by atoms with Gasteiger partial charge >= 0.3 is 0 Å². The standard InChI is InChI=1S/C17H14F3N3O/c18-9-7-12(19)16(13(20)8-9)23-14-4-2-1-3-10(14)11(17(23)22)5-6-15(21)24/h1-4,7-8H,5-6,22H2,(H2,21,24). The van der Waals surface area contributed by atoms with Crippen LogP contribution in [0.5, 0.6) is 0 Å². The Labute approximate surface area is 135 Å². The highest BCUT2D eigenvalue weighted by molar-refractivity contribution is 5.91. The Morgan fingerprint density at radius 2 is 1.71 bits per heavy atom. The number of primary amides is 1. The topological polar surface area (TPSA) is 74.0 Å². The molecule has 124 valence electrons. The van der Waals surface area contributed by atoms with Gasteiger partial charge in [0.1, 0.15) is 17.3 Å². The molecule has 7 heteroatoms. The van der Waals surface area contributed by atoms with Crippen LogP contribution in [0.4, 0.5) is 19.0 Å². The molecule has 0 radical (unpaired) electrons. The number of aromatic nitrogens is 1. The Hall–Kier alpha value is -2.96. The molecule has 4 N–H and O–H groups in total. The molecule has 24 heavy (non-hydrogen) atoms. The Morgan fingerprint density at radius 3 is 2.33 bits per heavy atom. The number of aryl methyl sites for hydroxylation is 1. The van der Waals surface area contributed by atoms with Gasteiger partial charge in [-0.3, -0.25) is 9.36 Å². The summed E-state index contributed by atoms with van der Waals surface area (Å²) in [6.45, 7) is 0. The van der Waals surface area contributed by atoms with E-state index in [0.29, 0.717) is 28.6 Å². The number of nitrogens with zero attached hydrogens (tertiary/aromatic N) is 1. The van der Waals surface area contributed by atoms with Gasteiger partial charge in [0.15, 0.2) is 11.6 Å². The lowest BCUT2D eigenvalue weighted by atomic mass is 10.1. The smallest absolute Gasteiger partial charge is 0.217 e. The number of carbonyl (C=O) groups excluding carboxylic acids is 1. The van der Waals surface area contributed by atoms with Gasteiger partial charge in [0.2, 0.25) is 5.91 Å². The lowest BCUT2D eigenvalue weighted by Gasteiger charge is -2.11. The molecule has 1 aromatic heterocycles. The summed E-state index contributed by atoms with van der Waals surface area (Å²) in [4.78, 5) is 11.1. The first kappa shape index (κ1) is 15.9. The lowest BCUT2D eigenvalue weighted by molar-refractivity contribution is -0.117. The van der Waals surface area contributed by atoms with Gasteiger partial charge in [-0.05, 0) is 12.5 Å². The van der Waals surface area contributed by atoms with Crippen LogP contribution in [0.15, 0.2) is 36.4 Å². The Balaban J connectivity index is 2.30. The molecule has 0 aliphatic rings. The van der Waals surface area contributed by atoms with Crippen molar-refractivity contribution in [2.24, 2.45) is 5.73 Å². The maximum Gasteiger partial charge on any atom is 0.217 e. The number of hydrogen-bond acceptors (Lipinski definition) is 2. The van der Waals surface area contributed by atoms with E-state index in [-0.39, 0.29) is 18.7 Å². The summed E-state index contributed by atoms with van der Waals surface area (Å²) in [6, 6.07) is 8.00. The summed E-state index contributed by atoms with van der Waals surface area (Å²) in [7, 11) is 0. The first-order chi connectivity index (χ1) is 11.4. The van der Waals surface area contributed by atoms with Crippen LogP contribution < -0.4 is 11.5 Å². The quantitative estimate of drug-likeness (QED) is 0.770. The molecular formula is C17H14F3N3O. The molecule has 2 aromatic carbocycles. The van der Waals surface area contributed by atoms with Gasteiger partial charge in [-0.2, -0.15) is 0 Å². The molecule has 0 bridgehead atoms. The molecule has 1 amide bonds. The van der Waals surface area contributed by atoms with Crippen LogP contribution in [0.25, 0.3) is 16.6 Å². The third kappa shape index (κ3) is 2.58. The van der Waals surface area contributed by atoms with E-state index < -0.39 is 29.0 Å². The van der Waals surface area contributed by atoms with Crippen molar-refractivity contribution in [3.05, 3.63) is 59.4 Å². The fourth-order valence-corrected chi connectivity index (χ4v) is 2.83. The largest absolute Gasteiger partial charge is 0.385 e. The van der Waals surface area contributed by atoms with E-state index in [1.807, 2.05) is 0 Å². The summed E-state index contributed by atoms with van der Waals surface area (Å²) in [5.74, 6) is -3.58. The first-order valence-corrected chi connectivity index (χ1v) is 7.21. The van der Waals surface area contributed by atoms with Gasteiger partial charge in [0, 0.05) is 29.5 Å². The summed E-state index contributed by atoms with van der Waals surface area (Å²) in [6.07, 6.45) is 0.283. The zero-order chi connectivity index (χ0) is 17.4. The molecule has 0 aliphatic carbocycles. The molecule has 0 atom stereocenters. The van der Waals surface area contributed by atoms with E-state index in [2.05, 4.69) is 0 Å². The predicted molar refractivity (Wildman–Crippen MR) is 85.1 cm³/mol. The highest BCUT2D eigenvalue weighted by Crippen LogP contribution is 2.34. The number of para-hydroxylation sites is 1. The number of nitrogens with two attached hydrogens (primary N) is 2. The van der Waals surface area contributed by atoms with Crippen molar-refractivity contribution in [3.63, 3.8) is 0 Å². The first-order valence-electron chi connectivity index (χ1n) is 7.21. The van der Waals surface area contributed by atoms with Gasteiger partial charge in [-0.1, -0.05) is 18.2 Å². The Morgan fingerprint density at radius 1 is 1.08 bits per heavy atom. The monoisotopic (exact) mass is 333 g/mol. The zero-order valence-corrected chi connectivity index (χ0v) is 12.5. The van der Waals surface area contributed by atoms with Gasteiger partial charge in [-0.15, -0.1) is 0 Å². The SMILES string of the molecule is NC(=O)CCc1c(N)n(-c2c(F)cc(F)cc2F)c2ccccc12. The summed E-state index contributed by atoms with van der Waals surface area (Å²) in [5.41, 5.74) is 11.8. The van der Waals surface area contributed by atoms with Crippen molar-refractivity contribution in [2.45, 2.75) is 12.8 Å². The predicted octanol–water partition coefficient (Wildman–Crippen LogP) is 3.05. The van der Waals surface area contributed by atoms with Crippen LogP contribution in [0, 0.1) is 17.5 Å². The maximum atomic E-state index is 14.2. The average molecular weight is 333 g/mol. The molecule has 4 nitrogen and oxygen atoms in total. The van der Waals surface area contributed by atoms with Gasteiger partial charge < -0.3 is 11.5 Å². The van der Waals surface area contributed by atoms with Crippen molar-refractivity contribution in [1.29, 1.82) is 0 Å². The lowest BCUT2D eigenvalue weighted by Crippen LogP contribution is -2.12. The van der Waals surface area contributed by atoms with Crippen LogP contribution in [0.2, 0.25) is 0 Å². The number of rotatable bonds is 4. The molecule has 0 spiro atoms. The summed E-state index contributed by atoms with van der Waals surface area (Å²) >= 11 is 0. The number of carbonyl (C=O) groups is 1. The van der Waals surface area contributed by atoms with Crippen LogP contribution in [0.3, 0.4) is 0 Å². The van der Waals surface area contributed by atoms with Gasteiger partial charge in [0.05, 0.1) is 5.52 Å². The van der Waals surface area contributed by atoms with Crippen molar-refractivity contribution in [1.82, 2.24) is 4.57 Å². The second-order valence-corrected chi connectivity index (χ2v) is 5.40. The van der Waals surface area contributed by atoms with E-state index in [0.717, 1.165) is 0 Å². The summed E-state index contributed by atoms with van der Waals surface area (Å²) in [5, 5.41) is 0.652. The number of fused-ring (bicyclic) bond motifs is 1. The molecule has 1 heterocycles. The van der Waals surface area contributed by atoms with Crippen LogP contribution in [0.1, 0.15) is 12.0 Å². The van der Waals surface area contributed by atoms with Crippen LogP contribution in [-0.2, 0) is 11.2 Å². The summed E-state index contributed by atoms with van der Waals surface area (Å²) < 4.78 is 42.8. The number of anilines is 1. The molecule has 0 unspecified atom stereocenters. The number of benzene rings is 2. The normalized spacial score (nSPS) is 11.1. The van der Waals surface area contributed by atoms with E-state index in [9.17, 15) is 18.0 Å². The zero-order valence-electron chi connectivity index (χ0n) is 12.5. The number of halogens is 3. The van der Waals surface area contributed by atoms with Crippen molar-refractivity contribution >= 4 is 22.6 Å². The second kappa shape index (κ2) is 5.92. The maximum absolute atomic E-state index is 14.2. The molecule has 0 aliphatic heterocycles. The molecule has 0 saturated carbocycles. The van der Waals surface area contributed by atoms with Gasteiger partial charge in [-0.25, -0.2) is 13.2 Å². The average Bonchev–Trinajstić information content (AvgIpc) is 2.77. The van der Waals surface area contributed by atoms with E-state index in [4.69, 9.17) is 11.5 Å². The highest BCUT2D eigenvalue weighted by atomic mass is 19.1. The molecular weight excluding hydrogens is 319 g/mol. The van der Waals surface area contributed by atoms with Crippen molar-refractivity contribution in [2.75, 3.05) is 5.73 Å². The molecule has 0 saturated heterocycles. The van der Waals surface area contributed by atoms with Crippen molar-refractivity contribution in [3.8, 4) is 5.69 Å². The minimum Gasteiger partial charge on any atom is -0.385 e. The van der Waals surface area contributed by atoms with Crippen molar-refractivity contribution < 1.29 is 18.0 Å². The third-order valence-corrected chi connectivity index (χ3v) is 3.85. The number of amides is 1. The third-order valence-electron chi connectivity index (χ3n) is 3.85. The minimum atomic E-state index is -1.07. The Bertz CT molecular complexity index is 927. The minimum absolute atomic E-state index is 0.0482. The Kier molecular flexibility index (Phi) is 3.92. The fourth-order valence-electron chi connectivity index (χ4n) is 2.83. The number of nitrogen functional groups attached to an aromatic ring is 1. The number of hydrogen-bond donors (Lipinski definition) is 2. The molecule has 3 rings (SSSR count). The van der Waals surface area contributed by atoms with E-state index >= 15 is 0 Å².